The first-order valence-corrected chi connectivity index (χ1v) is 10.9. The predicted molar refractivity (Wildman–Crippen MR) is 106 cm³/mol. The Balaban J connectivity index is 1.49. The van der Waals surface area contributed by atoms with E-state index < -0.39 is 15.8 Å². The van der Waals surface area contributed by atoms with Crippen LogP contribution in [0, 0.1) is 12.7 Å². The molecule has 1 heterocycles. The summed E-state index contributed by atoms with van der Waals surface area (Å²) in [6, 6.07) is 13.3. The van der Waals surface area contributed by atoms with Gasteiger partial charge in [-0.1, -0.05) is 35.9 Å². The molecular weight excluding hydrogens is 379 g/mol. The van der Waals surface area contributed by atoms with Crippen LogP contribution in [0.1, 0.15) is 24.0 Å². The fraction of sp³-hybridized carbons (Fsp3) is 0.381. The molecule has 0 unspecified atom stereocenters. The number of amides is 1. The van der Waals surface area contributed by atoms with Gasteiger partial charge in [0.15, 0.2) is 0 Å². The van der Waals surface area contributed by atoms with Gasteiger partial charge in [-0.25, -0.2) is 12.8 Å². The van der Waals surface area contributed by atoms with Crippen molar-refractivity contribution in [1.29, 1.82) is 0 Å². The standard InChI is InChI=1S/C21H25FN2O3S/c1-17-8-10-18(11-9-17)4-2-7-21(25)23-12-14-24(15-13-23)28(26,27)20-6-3-5-19(22)16-20/h3,5-6,8-11,16H,2,4,7,12-15H2,1H3. The Morgan fingerprint density at radius 3 is 2.36 bits per heavy atom. The molecule has 0 saturated carbocycles. The van der Waals surface area contributed by atoms with E-state index >= 15 is 0 Å². The summed E-state index contributed by atoms with van der Waals surface area (Å²) in [5.74, 6) is -0.529. The molecule has 1 fully saturated rings. The highest BCUT2D eigenvalue weighted by atomic mass is 32.2. The maximum Gasteiger partial charge on any atom is 0.243 e. The van der Waals surface area contributed by atoms with Crippen LogP contribution in [0.15, 0.2) is 53.4 Å². The number of hydrogen-bond acceptors (Lipinski definition) is 3. The third kappa shape index (κ3) is 4.97. The minimum Gasteiger partial charge on any atom is -0.340 e. The highest BCUT2D eigenvalue weighted by Gasteiger charge is 2.30. The molecule has 0 aromatic heterocycles. The van der Waals surface area contributed by atoms with Crippen molar-refractivity contribution in [3.8, 4) is 0 Å². The van der Waals surface area contributed by atoms with Crippen LogP contribution in [0.4, 0.5) is 4.39 Å². The number of carbonyl (C=O) groups is 1. The Labute approximate surface area is 165 Å². The first kappa shape index (κ1) is 20.5. The first-order chi connectivity index (χ1) is 13.4. The van der Waals surface area contributed by atoms with Gasteiger partial charge in [-0.2, -0.15) is 4.31 Å². The third-order valence-corrected chi connectivity index (χ3v) is 6.90. The normalized spacial score (nSPS) is 15.6. The number of carbonyl (C=O) groups excluding carboxylic acids is 1. The molecule has 5 nitrogen and oxygen atoms in total. The van der Waals surface area contributed by atoms with Gasteiger partial charge in [0.1, 0.15) is 5.82 Å². The summed E-state index contributed by atoms with van der Waals surface area (Å²) < 4.78 is 39.9. The number of piperazine rings is 1. The summed E-state index contributed by atoms with van der Waals surface area (Å²) in [6.07, 6.45) is 2.06. The Morgan fingerprint density at radius 1 is 1.04 bits per heavy atom. The molecule has 3 rings (SSSR count). The van der Waals surface area contributed by atoms with Gasteiger partial charge >= 0.3 is 0 Å². The van der Waals surface area contributed by atoms with Gasteiger partial charge in [-0.05, 0) is 43.5 Å². The molecule has 150 valence electrons. The average molecular weight is 405 g/mol. The maximum atomic E-state index is 13.4. The summed E-state index contributed by atoms with van der Waals surface area (Å²) in [5.41, 5.74) is 2.43. The molecule has 2 aromatic carbocycles. The second-order valence-corrected chi connectivity index (χ2v) is 9.02. The van der Waals surface area contributed by atoms with Gasteiger partial charge in [0.2, 0.25) is 15.9 Å². The van der Waals surface area contributed by atoms with Gasteiger partial charge in [0.05, 0.1) is 4.90 Å². The predicted octanol–water partition coefficient (Wildman–Crippen LogP) is 2.99. The largest absolute Gasteiger partial charge is 0.340 e. The number of rotatable bonds is 6. The molecule has 0 radical (unpaired) electrons. The van der Waals surface area contributed by atoms with Gasteiger partial charge in [0.25, 0.3) is 0 Å². The van der Waals surface area contributed by atoms with E-state index in [4.69, 9.17) is 0 Å². The zero-order chi connectivity index (χ0) is 20.1. The van der Waals surface area contributed by atoms with Crippen molar-refractivity contribution in [1.82, 2.24) is 9.21 Å². The van der Waals surface area contributed by atoms with Gasteiger partial charge in [-0.15, -0.1) is 0 Å². The summed E-state index contributed by atoms with van der Waals surface area (Å²) in [5, 5.41) is 0. The van der Waals surface area contributed by atoms with Crippen LogP contribution >= 0.6 is 0 Å². The zero-order valence-electron chi connectivity index (χ0n) is 16.0. The molecule has 0 bridgehead atoms. The van der Waals surface area contributed by atoms with E-state index in [0.717, 1.165) is 18.9 Å². The fourth-order valence-electron chi connectivity index (χ4n) is 3.31. The highest BCUT2D eigenvalue weighted by Crippen LogP contribution is 2.19. The van der Waals surface area contributed by atoms with Crippen molar-refractivity contribution in [2.75, 3.05) is 26.2 Å². The average Bonchev–Trinajstić information content (AvgIpc) is 2.69. The molecule has 0 atom stereocenters. The minimum atomic E-state index is -3.73. The smallest absolute Gasteiger partial charge is 0.243 e. The summed E-state index contributed by atoms with van der Waals surface area (Å²) in [6.45, 7) is 3.21. The molecule has 2 aromatic rings. The Hall–Kier alpha value is -2.25. The van der Waals surface area contributed by atoms with E-state index in [2.05, 4.69) is 24.3 Å². The number of benzene rings is 2. The molecule has 0 spiro atoms. The van der Waals surface area contributed by atoms with Crippen molar-refractivity contribution in [3.05, 3.63) is 65.5 Å². The van der Waals surface area contributed by atoms with Crippen LogP contribution in [0.3, 0.4) is 0 Å². The van der Waals surface area contributed by atoms with Crippen LogP contribution in [-0.4, -0.2) is 49.7 Å². The van der Waals surface area contributed by atoms with E-state index in [1.807, 2.05) is 6.92 Å². The highest BCUT2D eigenvalue weighted by molar-refractivity contribution is 7.89. The van der Waals surface area contributed by atoms with E-state index in [1.54, 1.807) is 4.90 Å². The lowest BCUT2D eigenvalue weighted by Gasteiger charge is -2.34. The van der Waals surface area contributed by atoms with E-state index in [0.29, 0.717) is 19.5 Å². The molecule has 0 N–H and O–H groups in total. The van der Waals surface area contributed by atoms with Crippen LogP contribution in [-0.2, 0) is 21.2 Å². The second-order valence-electron chi connectivity index (χ2n) is 7.08. The van der Waals surface area contributed by atoms with Crippen LogP contribution in [0.2, 0.25) is 0 Å². The van der Waals surface area contributed by atoms with Crippen molar-refractivity contribution in [3.63, 3.8) is 0 Å². The molecule has 1 aliphatic heterocycles. The van der Waals surface area contributed by atoms with Crippen LogP contribution < -0.4 is 0 Å². The molecule has 1 saturated heterocycles. The van der Waals surface area contributed by atoms with Crippen LogP contribution in [0.5, 0.6) is 0 Å². The summed E-state index contributed by atoms with van der Waals surface area (Å²) in [7, 11) is -3.73. The van der Waals surface area contributed by atoms with E-state index in [9.17, 15) is 17.6 Å². The fourth-order valence-corrected chi connectivity index (χ4v) is 4.77. The quantitative estimate of drug-likeness (QED) is 0.744. The number of nitrogens with zero attached hydrogens (tertiary/aromatic N) is 2. The van der Waals surface area contributed by atoms with Crippen molar-refractivity contribution in [2.45, 2.75) is 31.1 Å². The molecule has 0 aliphatic carbocycles. The van der Waals surface area contributed by atoms with Crippen molar-refractivity contribution in [2.24, 2.45) is 0 Å². The topological polar surface area (TPSA) is 57.7 Å². The Kier molecular flexibility index (Phi) is 6.46. The number of hydrogen-bond donors (Lipinski definition) is 0. The Bertz CT molecular complexity index is 921. The van der Waals surface area contributed by atoms with Gasteiger partial charge in [0, 0.05) is 32.6 Å². The molecule has 28 heavy (non-hydrogen) atoms. The van der Waals surface area contributed by atoms with Gasteiger partial charge in [-0.3, -0.25) is 4.79 Å². The van der Waals surface area contributed by atoms with Crippen LogP contribution in [0.25, 0.3) is 0 Å². The minimum absolute atomic E-state index is 0.0506. The van der Waals surface area contributed by atoms with Crippen molar-refractivity contribution >= 4 is 15.9 Å². The second kappa shape index (κ2) is 8.84. The van der Waals surface area contributed by atoms with Crippen molar-refractivity contribution < 1.29 is 17.6 Å². The summed E-state index contributed by atoms with van der Waals surface area (Å²) >= 11 is 0. The lowest BCUT2D eigenvalue weighted by Crippen LogP contribution is -2.50. The monoisotopic (exact) mass is 404 g/mol. The third-order valence-electron chi connectivity index (χ3n) is 5.00. The molecule has 1 amide bonds. The maximum absolute atomic E-state index is 13.4. The number of halogens is 1. The molecule has 7 heteroatoms. The molecule has 1 aliphatic rings. The SMILES string of the molecule is Cc1ccc(CCCC(=O)N2CCN(S(=O)(=O)c3cccc(F)c3)CC2)cc1. The lowest BCUT2D eigenvalue weighted by molar-refractivity contribution is -0.132. The molecular formula is C21H25FN2O3S. The number of sulfonamides is 1. The Morgan fingerprint density at radius 2 is 1.71 bits per heavy atom. The first-order valence-electron chi connectivity index (χ1n) is 9.45. The summed E-state index contributed by atoms with van der Waals surface area (Å²) in [4.78, 5) is 14.1. The van der Waals surface area contributed by atoms with Gasteiger partial charge < -0.3 is 4.90 Å². The lowest BCUT2D eigenvalue weighted by atomic mass is 10.1. The van der Waals surface area contributed by atoms with E-state index in [-0.39, 0.29) is 23.9 Å². The zero-order valence-corrected chi connectivity index (χ0v) is 16.8. The van der Waals surface area contributed by atoms with E-state index in [1.165, 1.54) is 33.6 Å². The number of aryl methyl sites for hydroxylation is 2.